The van der Waals surface area contributed by atoms with Gasteiger partial charge in [0.1, 0.15) is 17.0 Å². The largest absolute Gasteiger partial charge is 0.396 e. The van der Waals surface area contributed by atoms with Crippen molar-refractivity contribution in [3.05, 3.63) is 81.4 Å². The first-order valence-corrected chi connectivity index (χ1v) is 14.3. The molecule has 0 spiro atoms. The quantitative estimate of drug-likeness (QED) is 0.259. The van der Waals surface area contributed by atoms with Crippen molar-refractivity contribution in [1.29, 1.82) is 5.26 Å². The van der Waals surface area contributed by atoms with Gasteiger partial charge in [-0.1, -0.05) is 53.6 Å². The Labute approximate surface area is 247 Å². The molecule has 1 aliphatic heterocycles. The Balaban J connectivity index is 1.91. The summed E-state index contributed by atoms with van der Waals surface area (Å²) in [4.78, 5) is 13.7. The summed E-state index contributed by atoms with van der Waals surface area (Å²) in [5.74, 6) is -3.46. The van der Waals surface area contributed by atoms with Gasteiger partial charge in [0.05, 0.1) is 29.8 Å². The van der Waals surface area contributed by atoms with Crippen LogP contribution in [0.3, 0.4) is 0 Å². The van der Waals surface area contributed by atoms with Crippen molar-refractivity contribution in [2.75, 3.05) is 19.8 Å². The highest BCUT2D eigenvalue weighted by atomic mass is 35.5. The van der Waals surface area contributed by atoms with Gasteiger partial charge < -0.3 is 26.0 Å². The minimum Gasteiger partial charge on any atom is -0.396 e. The fourth-order valence-electron chi connectivity index (χ4n) is 6.28. The Morgan fingerprint density at radius 2 is 2.00 bits per heavy atom. The number of aliphatic hydroxyl groups is 3. The molecule has 0 saturated carbocycles. The molecule has 2 aromatic rings. The lowest BCUT2D eigenvalue weighted by Gasteiger charge is -2.41. The topological polar surface area (TPSA) is 126 Å². The van der Waals surface area contributed by atoms with Crippen LogP contribution >= 0.6 is 23.2 Å². The van der Waals surface area contributed by atoms with Crippen LogP contribution in [0.2, 0.25) is 10.0 Å². The van der Waals surface area contributed by atoms with Crippen LogP contribution in [-0.2, 0) is 10.2 Å². The number of hydrogen-bond acceptors (Lipinski definition) is 6. The van der Waals surface area contributed by atoms with Gasteiger partial charge >= 0.3 is 0 Å². The SMILES string of the molecule is N#CC1(c2ccc(Cl)cc2F)C(CC2(CO)CC=CCC2)NC(C(=O)NCC[C@H](O)CO)C1c1cccc(Cl)c1F. The number of nitrogens with one attached hydrogen (secondary N) is 2. The Morgan fingerprint density at radius 1 is 1.22 bits per heavy atom. The zero-order chi connectivity index (χ0) is 29.8. The molecule has 1 fully saturated rings. The van der Waals surface area contributed by atoms with Crippen molar-refractivity contribution in [3.8, 4) is 6.07 Å². The lowest BCUT2D eigenvalue weighted by Crippen LogP contribution is -2.47. The van der Waals surface area contributed by atoms with Crippen molar-refractivity contribution in [2.45, 2.75) is 61.6 Å². The predicted octanol–water partition coefficient (Wildman–Crippen LogP) is 4.13. The van der Waals surface area contributed by atoms with Crippen molar-refractivity contribution < 1.29 is 28.9 Å². The van der Waals surface area contributed by atoms with Gasteiger partial charge in [0.15, 0.2) is 0 Å². The molecule has 6 atom stereocenters. The Bertz CT molecular complexity index is 1340. The molecule has 2 aromatic carbocycles. The number of carbonyl (C=O) groups excluding carboxylic acids is 1. The van der Waals surface area contributed by atoms with Crippen LogP contribution < -0.4 is 10.6 Å². The molecule has 0 bridgehead atoms. The molecule has 2 aliphatic rings. The Morgan fingerprint density at radius 3 is 2.63 bits per heavy atom. The van der Waals surface area contributed by atoms with Crippen molar-refractivity contribution in [2.24, 2.45) is 5.41 Å². The van der Waals surface area contributed by atoms with Crippen LogP contribution in [0.25, 0.3) is 0 Å². The summed E-state index contributed by atoms with van der Waals surface area (Å²) in [5, 5.41) is 46.2. The second kappa shape index (κ2) is 13.2. The third kappa shape index (κ3) is 6.14. The van der Waals surface area contributed by atoms with E-state index in [2.05, 4.69) is 16.7 Å². The van der Waals surface area contributed by atoms with E-state index in [1.54, 1.807) is 0 Å². The zero-order valence-electron chi connectivity index (χ0n) is 22.3. The van der Waals surface area contributed by atoms with Gasteiger partial charge in [0.25, 0.3) is 0 Å². The van der Waals surface area contributed by atoms with Gasteiger partial charge in [-0.25, -0.2) is 8.78 Å². The van der Waals surface area contributed by atoms with Gasteiger partial charge in [-0.3, -0.25) is 4.79 Å². The van der Waals surface area contributed by atoms with Gasteiger partial charge in [-0.05, 0) is 61.3 Å². The van der Waals surface area contributed by atoms with Gasteiger partial charge in [0, 0.05) is 35.7 Å². The average Bonchev–Trinajstić information content (AvgIpc) is 3.28. The molecule has 11 heteroatoms. The number of amides is 1. The number of allylic oxidation sites excluding steroid dienone is 2. The van der Waals surface area contributed by atoms with Crippen LogP contribution in [0.1, 0.15) is 49.1 Å². The van der Waals surface area contributed by atoms with E-state index >= 15 is 8.78 Å². The van der Waals surface area contributed by atoms with E-state index in [1.165, 1.54) is 30.3 Å². The van der Waals surface area contributed by atoms with Crippen LogP contribution in [0.4, 0.5) is 8.78 Å². The molecule has 41 heavy (non-hydrogen) atoms. The highest BCUT2D eigenvalue weighted by Crippen LogP contribution is 2.54. The molecule has 220 valence electrons. The maximum absolute atomic E-state index is 15.8. The maximum atomic E-state index is 15.8. The summed E-state index contributed by atoms with van der Waals surface area (Å²) < 4.78 is 31.6. The number of carbonyl (C=O) groups is 1. The van der Waals surface area contributed by atoms with E-state index in [0.717, 1.165) is 6.07 Å². The third-order valence-electron chi connectivity index (χ3n) is 8.43. The van der Waals surface area contributed by atoms with Crippen LogP contribution in [0, 0.1) is 28.4 Å². The van der Waals surface area contributed by atoms with E-state index in [0.29, 0.717) is 19.3 Å². The van der Waals surface area contributed by atoms with E-state index in [-0.39, 0.29) is 47.2 Å². The molecule has 1 amide bonds. The van der Waals surface area contributed by atoms with Crippen LogP contribution in [-0.4, -0.2) is 59.2 Å². The number of nitrogens with zero attached hydrogens (tertiary/aromatic N) is 1. The van der Waals surface area contributed by atoms with Crippen molar-refractivity contribution >= 4 is 29.1 Å². The Hall–Kier alpha value is -2.58. The standard InChI is InChI=1S/C30H33Cl2F2N3O4/c31-18-7-8-21(23(33)13-18)30(16-35)24(14-29(17-39)10-2-1-3-11-29)37-27(28(41)36-12-9-19(40)15-38)25(30)20-5-4-6-22(32)26(20)34/h1-2,4-8,13,19,24-25,27,37-40H,3,9-12,14-15,17H2,(H,36,41)/t19-,24?,25?,27?,29?,30?/m0/s1. The summed E-state index contributed by atoms with van der Waals surface area (Å²) in [6.07, 6.45) is 4.98. The smallest absolute Gasteiger partial charge is 0.237 e. The second-order valence-electron chi connectivity index (χ2n) is 10.9. The number of hydrogen-bond donors (Lipinski definition) is 5. The highest BCUT2D eigenvalue weighted by molar-refractivity contribution is 6.31. The molecule has 0 radical (unpaired) electrons. The zero-order valence-corrected chi connectivity index (χ0v) is 23.8. The van der Waals surface area contributed by atoms with Gasteiger partial charge in [-0.2, -0.15) is 5.26 Å². The van der Waals surface area contributed by atoms with Crippen molar-refractivity contribution in [1.82, 2.24) is 10.6 Å². The average molecular weight is 609 g/mol. The van der Waals surface area contributed by atoms with Gasteiger partial charge in [0.2, 0.25) is 5.91 Å². The summed E-state index contributed by atoms with van der Waals surface area (Å²) in [7, 11) is 0. The Kier molecular flexibility index (Phi) is 10.1. The minimum absolute atomic E-state index is 0.00557. The fraction of sp³-hybridized carbons (Fsp3) is 0.467. The lowest BCUT2D eigenvalue weighted by molar-refractivity contribution is -0.123. The number of aliphatic hydroxyl groups excluding tert-OH is 3. The summed E-state index contributed by atoms with van der Waals surface area (Å²) >= 11 is 12.2. The summed E-state index contributed by atoms with van der Waals surface area (Å²) in [6.45, 7) is -0.693. The lowest BCUT2D eigenvalue weighted by atomic mass is 9.61. The number of nitriles is 1. The molecule has 1 heterocycles. The molecule has 4 rings (SSSR count). The monoisotopic (exact) mass is 607 g/mol. The maximum Gasteiger partial charge on any atom is 0.237 e. The molecule has 1 aliphatic carbocycles. The number of rotatable bonds is 10. The minimum atomic E-state index is -1.82. The molecule has 7 nitrogen and oxygen atoms in total. The van der Waals surface area contributed by atoms with Gasteiger partial charge in [-0.15, -0.1) is 0 Å². The summed E-state index contributed by atoms with van der Waals surface area (Å²) in [6, 6.07) is 8.35. The molecular weight excluding hydrogens is 575 g/mol. The first-order valence-electron chi connectivity index (χ1n) is 13.5. The van der Waals surface area contributed by atoms with Crippen LogP contribution in [0.15, 0.2) is 48.6 Å². The highest BCUT2D eigenvalue weighted by Gasteiger charge is 2.61. The normalized spacial score (nSPS) is 28.3. The van der Waals surface area contributed by atoms with E-state index in [1.807, 2.05) is 12.2 Å². The third-order valence-corrected chi connectivity index (χ3v) is 8.96. The number of benzene rings is 2. The first kappa shape index (κ1) is 31.4. The van der Waals surface area contributed by atoms with Crippen molar-refractivity contribution in [3.63, 3.8) is 0 Å². The molecule has 0 aromatic heterocycles. The fourth-order valence-corrected chi connectivity index (χ4v) is 6.62. The van der Waals surface area contributed by atoms with E-state index in [4.69, 9.17) is 28.3 Å². The molecule has 1 saturated heterocycles. The van der Waals surface area contributed by atoms with E-state index in [9.17, 15) is 20.3 Å². The molecule has 5 N–H and O–H groups in total. The first-order chi connectivity index (χ1) is 19.6. The van der Waals surface area contributed by atoms with Crippen LogP contribution in [0.5, 0.6) is 0 Å². The molecule has 5 unspecified atom stereocenters. The predicted molar refractivity (Wildman–Crippen MR) is 151 cm³/mol. The van der Waals surface area contributed by atoms with E-state index < -0.39 is 59.1 Å². The summed E-state index contributed by atoms with van der Waals surface area (Å²) in [5.41, 5.74) is -2.58. The second-order valence-corrected chi connectivity index (χ2v) is 11.8. The number of halogens is 4. The molecular formula is C30H33Cl2F2N3O4.